The lowest BCUT2D eigenvalue weighted by Gasteiger charge is -2.23. The maximum Gasteiger partial charge on any atom is 0.251 e. The number of amides is 1. The molecule has 1 aromatic rings. The van der Waals surface area contributed by atoms with E-state index < -0.39 is 5.60 Å². The summed E-state index contributed by atoms with van der Waals surface area (Å²) in [7, 11) is 1.60. The Hall–Kier alpha value is -1.55. The van der Waals surface area contributed by atoms with Gasteiger partial charge < -0.3 is 15.2 Å². The normalized spacial score (nSPS) is 12.9. The molecular weight excluding hydrogens is 242 g/mol. The molecule has 0 spiro atoms. The minimum atomic E-state index is -0.790. The molecule has 0 bridgehead atoms. The van der Waals surface area contributed by atoms with Crippen molar-refractivity contribution in [1.82, 2.24) is 5.32 Å². The van der Waals surface area contributed by atoms with Crippen molar-refractivity contribution in [2.75, 3.05) is 7.11 Å². The van der Waals surface area contributed by atoms with E-state index in [0.29, 0.717) is 12.0 Å². The minimum absolute atomic E-state index is 0.0889. The topological polar surface area (TPSA) is 58.6 Å². The Morgan fingerprint density at radius 2 is 2.11 bits per heavy atom. The number of hydrogen-bond acceptors (Lipinski definition) is 3. The molecule has 1 rings (SSSR count). The highest BCUT2D eigenvalue weighted by Crippen LogP contribution is 2.17. The van der Waals surface area contributed by atoms with Gasteiger partial charge in [0, 0.05) is 11.6 Å². The van der Waals surface area contributed by atoms with E-state index in [0.717, 1.165) is 11.3 Å². The third-order valence-corrected chi connectivity index (χ3v) is 2.86. The fraction of sp³-hybridized carbons (Fsp3) is 0.533. The van der Waals surface area contributed by atoms with E-state index in [9.17, 15) is 9.90 Å². The SMILES string of the molecule is COc1ccc(C(=O)NC(C)CC(C)(C)O)c(C)c1. The molecule has 0 aliphatic carbocycles. The van der Waals surface area contributed by atoms with E-state index in [1.807, 2.05) is 19.9 Å². The predicted octanol–water partition coefficient (Wildman–Crippen LogP) is 2.28. The van der Waals surface area contributed by atoms with Crippen LogP contribution in [0.1, 0.15) is 43.1 Å². The maximum atomic E-state index is 12.1. The zero-order chi connectivity index (χ0) is 14.6. The van der Waals surface area contributed by atoms with E-state index in [4.69, 9.17) is 4.74 Å². The number of carbonyl (C=O) groups excluding carboxylic acids is 1. The second-order valence-corrected chi connectivity index (χ2v) is 5.57. The van der Waals surface area contributed by atoms with Gasteiger partial charge in [0.05, 0.1) is 12.7 Å². The van der Waals surface area contributed by atoms with Gasteiger partial charge in [-0.15, -0.1) is 0 Å². The summed E-state index contributed by atoms with van der Waals surface area (Å²) in [4.78, 5) is 12.1. The Kier molecular flexibility index (Phi) is 4.95. The van der Waals surface area contributed by atoms with Crippen molar-refractivity contribution < 1.29 is 14.6 Å². The lowest BCUT2D eigenvalue weighted by atomic mass is 9.99. The standard InChI is InChI=1S/C15H23NO3/c1-10-8-12(19-5)6-7-13(10)14(17)16-11(2)9-15(3,4)18/h6-8,11,18H,9H2,1-5H3,(H,16,17). The number of aliphatic hydroxyl groups is 1. The molecule has 0 aromatic heterocycles. The van der Waals surface area contributed by atoms with Crippen molar-refractivity contribution in [2.24, 2.45) is 0 Å². The van der Waals surface area contributed by atoms with Crippen LogP contribution in [0.15, 0.2) is 18.2 Å². The first kappa shape index (κ1) is 15.5. The summed E-state index contributed by atoms with van der Waals surface area (Å²) in [6.45, 7) is 7.22. The molecule has 1 atom stereocenters. The molecule has 0 aliphatic rings. The molecule has 2 N–H and O–H groups in total. The lowest BCUT2D eigenvalue weighted by Crippen LogP contribution is -2.38. The molecule has 0 heterocycles. The summed E-state index contributed by atoms with van der Waals surface area (Å²) in [5.74, 6) is 0.607. The van der Waals surface area contributed by atoms with Crippen molar-refractivity contribution in [3.63, 3.8) is 0 Å². The molecule has 1 amide bonds. The van der Waals surface area contributed by atoms with Crippen LogP contribution in [0.3, 0.4) is 0 Å². The highest BCUT2D eigenvalue weighted by Gasteiger charge is 2.19. The molecule has 106 valence electrons. The zero-order valence-corrected chi connectivity index (χ0v) is 12.3. The number of nitrogens with one attached hydrogen (secondary N) is 1. The first-order valence-electron chi connectivity index (χ1n) is 6.41. The Morgan fingerprint density at radius 1 is 1.47 bits per heavy atom. The van der Waals surface area contributed by atoms with Crippen LogP contribution in [0, 0.1) is 6.92 Å². The van der Waals surface area contributed by atoms with Crippen molar-refractivity contribution in [2.45, 2.75) is 45.8 Å². The lowest BCUT2D eigenvalue weighted by molar-refractivity contribution is 0.0593. The van der Waals surface area contributed by atoms with Crippen molar-refractivity contribution >= 4 is 5.91 Å². The maximum absolute atomic E-state index is 12.1. The van der Waals surface area contributed by atoms with Crippen LogP contribution in [0.5, 0.6) is 5.75 Å². The molecule has 1 unspecified atom stereocenters. The second kappa shape index (κ2) is 6.06. The minimum Gasteiger partial charge on any atom is -0.497 e. The van der Waals surface area contributed by atoms with Crippen molar-refractivity contribution in [1.29, 1.82) is 0 Å². The molecule has 1 aromatic carbocycles. The first-order chi connectivity index (χ1) is 8.73. The van der Waals surface area contributed by atoms with Crippen LogP contribution in [0.4, 0.5) is 0 Å². The predicted molar refractivity (Wildman–Crippen MR) is 75.6 cm³/mol. The Bertz CT molecular complexity index is 449. The van der Waals surface area contributed by atoms with Crippen LogP contribution >= 0.6 is 0 Å². The van der Waals surface area contributed by atoms with E-state index >= 15 is 0 Å². The summed E-state index contributed by atoms with van der Waals surface area (Å²) >= 11 is 0. The summed E-state index contributed by atoms with van der Waals surface area (Å²) in [6.07, 6.45) is 0.508. The Morgan fingerprint density at radius 3 is 2.58 bits per heavy atom. The van der Waals surface area contributed by atoms with Gasteiger partial charge >= 0.3 is 0 Å². The zero-order valence-electron chi connectivity index (χ0n) is 12.3. The third-order valence-electron chi connectivity index (χ3n) is 2.86. The van der Waals surface area contributed by atoms with E-state index in [1.54, 1.807) is 33.1 Å². The number of rotatable bonds is 5. The van der Waals surface area contributed by atoms with Crippen LogP contribution < -0.4 is 10.1 Å². The second-order valence-electron chi connectivity index (χ2n) is 5.57. The van der Waals surface area contributed by atoms with Gasteiger partial charge in [0.1, 0.15) is 5.75 Å². The number of methoxy groups -OCH3 is 1. The van der Waals surface area contributed by atoms with Gasteiger partial charge in [-0.3, -0.25) is 4.79 Å². The quantitative estimate of drug-likeness (QED) is 0.858. The molecule has 0 fully saturated rings. The molecule has 0 radical (unpaired) electrons. The van der Waals surface area contributed by atoms with E-state index in [1.165, 1.54) is 0 Å². The van der Waals surface area contributed by atoms with Crippen molar-refractivity contribution in [3.8, 4) is 5.75 Å². The highest BCUT2D eigenvalue weighted by atomic mass is 16.5. The fourth-order valence-electron chi connectivity index (χ4n) is 2.12. The number of ether oxygens (including phenoxy) is 1. The average molecular weight is 265 g/mol. The molecule has 19 heavy (non-hydrogen) atoms. The van der Waals surface area contributed by atoms with E-state index in [-0.39, 0.29) is 11.9 Å². The number of aryl methyl sites for hydroxylation is 1. The van der Waals surface area contributed by atoms with Gasteiger partial charge in [0.25, 0.3) is 5.91 Å². The number of hydrogen-bond donors (Lipinski definition) is 2. The largest absolute Gasteiger partial charge is 0.497 e. The van der Waals surface area contributed by atoms with Gasteiger partial charge in [-0.05, 0) is 57.9 Å². The van der Waals surface area contributed by atoms with Gasteiger partial charge in [0.15, 0.2) is 0 Å². The summed E-state index contributed by atoms with van der Waals surface area (Å²) in [6, 6.07) is 5.26. The smallest absolute Gasteiger partial charge is 0.251 e. The molecule has 0 saturated heterocycles. The van der Waals surface area contributed by atoms with Gasteiger partial charge in [0.2, 0.25) is 0 Å². The average Bonchev–Trinajstić information content (AvgIpc) is 2.25. The van der Waals surface area contributed by atoms with Crippen molar-refractivity contribution in [3.05, 3.63) is 29.3 Å². The van der Waals surface area contributed by atoms with Crippen LogP contribution in [0.2, 0.25) is 0 Å². The molecule has 4 nitrogen and oxygen atoms in total. The van der Waals surface area contributed by atoms with Gasteiger partial charge in [-0.25, -0.2) is 0 Å². The molecule has 0 aliphatic heterocycles. The molecule has 0 saturated carbocycles. The fourth-order valence-corrected chi connectivity index (χ4v) is 2.12. The third kappa shape index (κ3) is 4.91. The molecule has 4 heteroatoms. The van der Waals surface area contributed by atoms with Gasteiger partial charge in [-0.2, -0.15) is 0 Å². The summed E-state index contributed by atoms with van der Waals surface area (Å²) in [5.41, 5.74) is 0.706. The Balaban J connectivity index is 2.73. The van der Waals surface area contributed by atoms with Crippen LogP contribution in [0.25, 0.3) is 0 Å². The van der Waals surface area contributed by atoms with Crippen LogP contribution in [-0.4, -0.2) is 29.8 Å². The van der Waals surface area contributed by atoms with E-state index in [2.05, 4.69) is 5.32 Å². The summed E-state index contributed by atoms with van der Waals surface area (Å²) < 4.78 is 5.11. The first-order valence-corrected chi connectivity index (χ1v) is 6.41. The Labute approximate surface area is 114 Å². The molecular formula is C15H23NO3. The van der Waals surface area contributed by atoms with Crippen LogP contribution in [-0.2, 0) is 0 Å². The highest BCUT2D eigenvalue weighted by molar-refractivity contribution is 5.95. The number of benzene rings is 1. The monoisotopic (exact) mass is 265 g/mol. The summed E-state index contributed by atoms with van der Waals surface area (Å²) in [5, 5.41) is 12.6. The van der Waals surface area contributed by atoms with Gasteiger partial charge in [-0.1, -0.05) is 0 Å². The number of carbonyl (C=O) groups is 1.